The highest BCUT2D eigenvalue weighted by atomic mass is 19.1. The van der Waals surface area contributed by atoms with Crippen LogP contribution in [0.2, 0.25) is 0 Å². The van der Waals surface area contributed by atoms with Crippen LogP contribution in [0.3, 0.4) is 0 Å². The average Bonchev–Trinajstić information content (AvgIpc) is 2.27. The van der Waals surface area contributed by atoms with Crippen molar-refractivity contribution in [2.45, 2.75) is 26.7 Å². The van der Waals surface area contributed by atoms with Gasteiger partial charge in [0.05, 0.1) is 12.2 Å². The van der Waals surface area contributed by atoms with Crippen LogP contribution in [0.25, 0.3) is 0 Å². The van der Waals surface area contributed by atoms with E-state index < -0.39 is 5.82 Å². The summed E-state index contributed by atoms with van der Waals surface area (Å²) in [7, 11) is 0. The van der Waals surface area contributed by atoms with Crippen molar-refractivity contribution >= 4 is 5.84 Å². The molecule has 0 heterocycles. The summed E-state index contributed by atoms with van der Waals surface area (Å²) in [6.45, 7) is 4.77. The van der Waals surface area contributed by atoms with Gasteiger partial charge in [0.1, 0.15) is 17.4 Å². The SMILES string of the molecule is CCCC(C)COc1ccc(F)cc1C(=N)N. The fourth-order valence-electron chi connectivity index (χ4n) is 1.65. The smallest absolute Gasteiger partial charge is 0.130 e. The predicted molar refractivity (Wildman–Crippen MR) is 67.0 cm³/mol. The highest BCUT2D eigenvalue weighted by Crippen LogP contribution is 2.20. The number of hydrogen-bond acceptors (Lipinski definition) is 2. The molecule has 1 aromatic carbocycles. The summed E-state index contributed by atoms with van der Waals surface area (Å²) in [6, 6.07) is 4.05. The molecule has 0 spiro atoms. The van der Waals surface area contributed by atoms with Gasteiger partial charge in [-0.2, -0.15) is 0 Å². The van der Waals surface area contributed by atoms with Gasteiger partial charge in [-0.25, -0.2) is 4.39 Å². The predicted octanol–water partition coefficient (Wildman–Crippen LogP) is 2.92. The van der Waals surface area contributed by atoms with Gasteiger partial charge in [0.2, 0.25) is 0 Å². The Morgan fingerprint density at radius 2 is 2.24 bits per heavy atom. The summed E-state index contributed by atoms with van der Waals surface area (Å²) in [5, 5.41) is 7.37. The largest absolute Gasteiger partial charge is 0.493 e. The van der Waals surface area contributed by atoms with Gasteiger partial charge in [-0.05, 0) is 30.5 Å². The van der Waals surface area contributed by atoms with E-state index >= 15 is 0 Å². The van der Waals surface area contributed by atoms with Crippen molar-refractivity contribution in [1.29, 1.82) is 5.41 Å². The standard InChI is InChI=1S/C13H19FN2O/c1-3-4-9(2)8-17-12-6-5-10(14)7-11(12)13(15)16/h5-7,9H,3-4,8H2,1-2H3,(H3,15,16). The first-order chi connectivity index (χ1) is 8.04. The summed E-state index contributed by atoms with van der Waals surface area (Å²) in [5.41, 5.74) is 5.70. The van der Waals surface area contributed by atoms with Crippen molar-refractivity contribution in [3.05, 3.63) is 29.6 Å². The number of ether oxygens (including phenoxy) is 1. The zero-order chi connectivity index (χ0) is 12.8. The third-order valence-electron chi connectivity index (χ3n) is 2.54. The Morgan fingerprint density at radius 3 is 2.82 bits per heavy atom. The van der Waals surface area contributed by atoms with Crippen molar-refractivity contribution in [2.75, 3.05) is 6.61 Å². The highest BCUT2D eigenvalue weighted by molar-refractivity contribution is 5.97. The minimum Gasteiger partial charge on any atom is -0.493 e. The molecule has 0 amide bonds. The number of halogens is 1. The van der Waals surface area contributed by atoms with Crippen LogP contribution < -0.4 is 10.5 Å². The van der Waals surface area contributed by atoms with E-state index in [0.29, 0.717) is 23.8 Å². The van der Waals surface area contributed by atoms with E-state index in [9.17, 15) is 4.39 Å². The van der Waals surface area contributed by atoms with Crippen LogP contribution in [-0.2, 0) is 0 Å². The number of hydrogen-bond donors (Lipinski definition) is 2. The highest BCUT2D eigenvalue weighted by Gasteiger charge is 2.09. The Labute approximate surface area is 101 Å². The fourth-order valence-corrected chi connectivity index (χ4v) is 1.65. The number of nitrogens with one attached hydrogen (secondary N) is 1. The van der Waals surface area contributed by atoms with Crippen LogP contribution in [-0.4, -0.2) is 12.4 Å². The molecule has 1 unspecified atom stereocenters. The van der Waals surface area contributed by atoms with Crippen molar-refractivity contribution in [3.8, 4) is 5.75 Å². The number of rotatable bonds is 6. The molecule has 0 aliphatic carbocycles. The Kier molecular flexibility index (Phi) is 4.94. The Hall–Kier alpha value is -1.58. The van der Waals surface area contributed by atoms with Crippen molar-refractivity contribution in [3.63, 3.8) is 0 Å². The molecule has 94 valence electrons. The Balaban J connectivity index is 2.73. The molecule has 0 saturated carbocycles. The number of nitrogen functional groups attached to an aromatic ring is 1. The summed E-state index contributed by atoms with van der Waals surface area (Å²) in [4.78, 5) is 0. The van der Waals surface area contributed by atoms with Gasteiger partial charge in [0, 0.05) is 0 Å². The molecule has 0 radical (unpaired) electrons. The molecule has 3 N–H and O–H groups in total. The third kappa shape index (κ3) is 4.06. The van der Waals surface area contributed by atoms with Crippen molar-refractivity contribution in [1.82, 2.24) is 0 Å². The second-order valence-corrected chi connectivity index (χ2v) is 4.26. The Morgan fingerprint density at radius 1 is 1.53 bits per heavy atom. The van der Waals surface area contributed by atoms with Crippen LogP contribution in [0.1, 0.15) is 32.3 Å². The second-order valence-electron chi connectivity index (χ2n) is 4.26. The van der Waals surface area contributed by atoms with E-state index in [1.807, 2.05) is 0 Å². The van der Waals surface area contributed by atoms with Gasteiger partial charge in [-0.3, -0.25) is 5.41 Å². The maximum Gasteiger partial charge on any atom is 0.130 e. The first-order valence-electron chi connectivity index (χ1n) is 5.81. The molecule has 3 nitrogen and oxygen atoms in total. The first-order valence-corrected chi connectivity index (χ1v) is 5.81. The summed E-state index contributed by atoms with van der Waals surface area (Å²) >= 11 is 0. The molecule has 0 fully saturated rings. The quantitative estimate of drug-likeness (QED) is 0.591. The molecule has 17 heavy (non-hydrogen) atoms. The summed E-state index contributed by atoms with van der Waals surface area (Å²) in [6.07, 6.45) is 2.18. The van der Waals surface area contributed by atoms with Gasteiger partial charge in [-0.1, -0.05) is 20.3 Å². The topological polar surface area (TPSA) is 59.1 Å². The lowest BCUT2D eigenvalue weighted by molar-refractivity contribution is 0.251. The van der Waals surface area contributed by atoms with E-state index in [2.05, 4.69) is 13.8 Å². The molecule has 0 saturated heterocycles. The van der Waals surface area contributed by atoms with E-state index in [1.165, 1.54) is 18.2 Å². The molecule has 0 bridgehead atoms. The monoisotopic (exact) mass is 238 g/mol. The average molecular weight is 238 g/mol. The second kappa shape index (κ2) is 6.23. The zero-order valence-electron chi connectivity index (χ0n) is 10.3. The molecular weight excluding hydrogens is 219 g/mol. The van der Waals surface area contributed by atoms with Gasteiger partial charge >= 0.3 is 0 Å². The number of nitrogens with two attached hydrogens (primary N) is 1. The number of benzene rings is 1. The van der Waals surface area contributed by atoms with Gasteiger partial charge in [0.15, 0.2) is 0 Å². The normalized spacial score (nSPS) is 12.2. The molecule has 1 aromatic rings. The molecular formula is C13H19FN2O. The first kappa shape index (κ1) is 13.5. The lowest BCUT2D eigenvalue weighted by Gasteiger charge is -2.14. The van der Waals surface area contributed by atoms with Crippen LogP contribution >= 0.6 is 0 Å². The zero-order valence-corrected chi connectivity index (χ0v) is 10.3. The minimum absolute atomic E-state index is 0.178. The lowest BCUT2D eigenvalue weighted by Crippen LogP contribution is -2.15. The van der Waals surface area contributed by atoms with Crippen molar-refractivity contribution in [2.24, 2.45) is 11.7 Å². The fraction of sp³-hybridized carbons (Fsp3) is 0.462. The molecule has 0 aliphatic rings. The maximum atomic E-state index is 13.0. The van der Waals surface area contributed by atoms with Gasteiger partial charge in [-0.15, -0.1) is 0 Å². The minimum atomic E-state index is -0.413. The summed E-state index contributed by atoms with van der Waals surface area (Å²) < 4.78 is 18.6. The van der Waals surface area contributed by atoms with E-state index in [0.717, 1.165) is 12.8 Å². The van der Waals surface area contributed by atoms with Crippen LogP contribution in [0.15, 0.2) is 18.2 Å². The summed E-state index contributed by atoms with van der Waals surface area (Å²) in [5.74, 6) is 0.318. The van der Waals surface area contributed by atoms with Gasteiger partial charge < -0.3 is 10.5 Å². The third-order valence-corrected chi connectivity index (χ3v) is 2.54. The molecule has 1 rings (SSSR count). The molecule has 1 atom stereocenters. The van der Waals surface area contributed by atoms with E-state index in [-0.39, 0.29) is 5.84 Å². The molecule has 0 aromatic heterocycles. The molecule has 4 heteroatoms. The van der Waals surface area contributed by atoms with E-state index in [1.54, 1.807) is 0 Å². The van der Waals surface area contributed by atoms with Crippen LogP contribution in [0.5, 0.6) is 5.75 Å². The maximum absolute atomic E-state index is 13.0. The van der Waals surface area contributed by atoms with Crippen LogP contribution in [0, 0.1) is 17.1 Å². The van der Waals surface area contributed by atoms with Crippen LogP contribution in [0.4, 0.5) is 4.39 Å². The van der Waals surface area contributed by atoms with E-state index in [4.69, 9.17) is 15.9 Å². The lowest BCUT2D eigenvalue weighted by atomic mass is 10.1. The van der Waals surface area contributed by atoms with Crippen molar-refractivity contribution < 1.29 is 9.13 Å². The van der Waals surface area contributed by atoms with Gasteiger partial charge in [0.25, 0.3) is 0 Å². The Bertz CT molecular complexity index is 393. The number of amidine groups is 1. The molecule has 0 aliphatic heterocycles.